The number of alkyl halides is 3. The fraction of sp³-hybridized carbons (Fsp3) is 0.500. The predicted octanol–water partition coefficient (Wildman–Crippen LogP) is 6.00. The SMILES string of the molecule is COCCn1cc(C(=O)N2CCC(c3cc(CNC(=O)C(F)(F)F)ccc3F)CC2)c2c(NC(=O)C3CC4CCC3C4)cccc21. The first-order chi connectivity index (χ1) is 22.0. The van der Waals surface area contributed by atoms with Gasteiger partial charge in [-0.25, -0.2) is 4.39 Å². The van der Waals surface area contributed by atoms with Gasteiger partial charge in [0.25, 0.3) is 5.91 Å². The van der Waals surface area contributed by atoms with Crippen LogP contribution in [0.25, 0.3) is 10.9 Å². The van der Waals surface area contributed by atoms with Crippen LogP contribution >= 0.6 is 0 Å². The molecule has 46 heavy (non-hydrogen) atoms. The molecule has 3 amide bonds. The Morgan fingerprint density at radius 1 is 1.02 bits per heavy atom. The molecule has 1 saturated heterocycles. The van der Waals surface area contributed by atoms with Crippen LogP contribution < -0.4 is 10.6 Å². The molecular weight excluding hydrogens is 604 g/mol. The fourth-order valence-corrected chi connectivity index (χ4v) is 7.65. The lowest BCUT2D eigenvalue weighted by atomic mass is 9.87. The molecule has 2 N–H and O–H groups in total. The van der Waals surface area contributed by atoms with Crippen LogP contribution in [-0.4, -0.2) is 60.2 Å². The van der Waals surface area contributed by atoms with E-state index in [4.69, 9.17) is 4.74 Å². The standard InChI is InChI=1S/C34H38F4N4O4/c1-46-14-13-42-19-26(30-28(3-2-4-29(30)42)40-31(43)25-16-20-5-7-23(25)15-20)32(44)41-11-9-22(10-12-41)24-17-21(6-8-27(24)35)18-39-33(45)34(36,37)38/h2-4,6,8,17,19-20,22-23,25H,5,7,9-16,18H2,1H3,(H,39,45)(H,40,43). The molecule has 3 aliphatic rings. The number of carbonyl (C=O) groups excluding carboxylic acids is 3. The van der Waals surface area contributed by atoms with Gasteiger partial charge in [0.2, 0.25) is 5.91 Å². The minimum Gasteiger partial charge on any atom is -0.383 e. The van der Waals surface area contributed by atoms with Crippen LogP contribution in [0, 0.1) is 23.6 Å². The number of carbonyl (C=O) groups is 3. The topological polar surface area (TPSA) is 92.7 Å². The zero-order valence-electron chi connectivity index (χ0n) is 25.7. The van der Waals surface area contributed by atoms with E-state index in [-0.39, 0.29) is 30.2 Å². The summed E-state index contributed by atoms with van der Waals surface area (Å²) in [4.78, 5) is 40.4. The number of ether oxygens (including phenoxy) is 1. The van der Waals surface area contributed by atoms with Crippen LogP contribution in [0.2, 0.25) is 0 Å². The van der Waals surface area contributed by atoms with E-state index in [1.165, 1.54) is 24.6 Å². The van der Waals surface area contributed by atoms with Gasteiger partial charge in [0.15, 0.2) is 0 Å². The summed E-state index contributed by atoms with van der Waals surface area (Å²) in [6.07, 6.45) is 2.02. The van der Waals surface area contributed by atoms with Gasteiger partial charge in [0.05, 0.1) is 23.4 Å². The average molecular weight is 643 g/mol. The highest BCUT2D eigenvalue weighted by atomic mass is 19.4. The summed E-state index contributed by atoms with van der Waals surface area (Å²) in [5, 5.41) is 5.66. The molecular formula is C34H38F4N4O4. The molecule has 2 saturated carbocycles. The third-order valence-electron chi connectivity index (χ3n) is 10.00. The Bertz CT molecular complexity index is 1630. The Balaban J connectivity index is 1.19. The van der Waals surface area contributed by atoms with Gasteiger partial charge < -0.3 is 24.8 Å². The second-order valence-electron chi connectivity index (χ2n) is 12.8. The number of benzene rings is 2. The molecule has 1 aromatic heterocycles. The van der Waals surface area contributed by atoms with Crippen molar-refractivity contribution in [2.24, 2.45) is 17.8 Å². The van der Waals surface area contributed by atoms with Gasteiger partial charge in [-0.05, 0) is 79.2 Å². The third kappa shape index (κ3) is 6.49. The number of methoxy groups -OCH3 is 1. The number of amides is 3. The van der Waals surface area contributed by atoms with Crippen LogP contribution in [0.15, 0.2) is 42.6 Å². The van der Waals surface area contributed by atoms with Gasteiger partial charge in [0, 0.05) is 50.8 Å². The third-order valence-corrected chi connectivity index (χ3v) is 10.00. The highest BCUT2D eigenvalue weighted by molar-refractivity contribution is 6.14. The van der Waals surface area contributed by atoms with E-state index in [2.05, 4.69) is 5.32 Å². The lowest BCUT2D eigenvalue weighted by Gasteiger charge is -2.32. The quantitative estimate of drug-likeness (QED) is 0.280. The summed E-state index contributed by atoms with van der Waals surface area (Å²) < 4.78 is 59.9. The van der Waals surface area contributed by atoms with E-state index in [9.17, 15) is 31.9 Å². The van der Waals surface area contributed by atoms with Crippen molar-refractivity contribution in [1.82, 2.24) is 14.8 Å². The molecule has 2 heterocycles. The van der Waals surface area contributed by atoms with E-state index in [0.29, 0.717) is 78.7 Å². The second kappa shape index (κ2) is 13.1. The van der Waals surface area contributed by atoms with Gasteiger partial charge in [0.1, 0.15) is 5.82 Å². The number of nitrogens with one attached hydrogen (secondary N) is 2. The molecule has 3 atom stereocenters. The summed E-state index contributed by atoms with van der Waals surface area (Å²) in [6.45, 7) is 1.28. The summed E-state index contributed by atoms with van der Waals surface area (Å²) in [5.41, 5.74) is 2.61. The number of hydrogen-bond donors (Lipinski definition) is 2. The maximum absolute atomic E-state index is 14.9. The molecule has 8 nitrogen and oxygen atoms in total. The van der Waals surface area contributed by atoms with Crippen LogP contribution in [0.1, 0.15) is 65.9 Å². The molecule has 2 aromatic carbocycles. The number of likely N-dealkylation sites (tertiary alicyclic amines) is 1. The van der Waals surface area contributed by atoms with Crippen molar-refractivity contribution in [3.8, 4) is 0 Å². The molecule has 3 unspecified atom stereocenters. The minimum atomic E-state index is -5.00. The molecule has 12 heteroatoms. The van der Waals surface area contributed by atoms with Crippen molar-refractivity contribution in [2.45, 2.75) is 63.7 Å². The number of rotatable bonds is 9. The maximum atomic E-state index is 14.9. The van der Waals surface area contributed by atoms with Crippen molar-refractivity contribution in [1.29, 1.82) is 0 Å². The zero-order chi connectivity index (χ0) is 32.6. The molecule has 1 aliphatic heterocycles. The second-order valence-corrected chi connectivity index (χ2v) is 12.8. The molecule has 3 aromatic rings. The van der Waals surface area contributed by atoms with E-state index >= 15 is 0 Å². The summed E-state index contributed by atoms with van der Waals surface area (Å²) >= 11 is 0. The van der Waals surface area contributed by atoms with E-state index in [1.54, 1.807) is 12.0 Å². The summed E-state index contributed by atoms with van der Waals surface area (Å²) in [6, 6.07) is 9.67. The lowest BCUT2D eigenvalue weighted by molar-refractivity contribution is -0.173. The molecule has 6 rings (SSSR count). The first-order valence-electron chi connectivity index (χ1n) is 15.9. The minimum absolute atomic E-state index is 0.00536. The Morgan fingerprint density at radius 2 is 1.80 bits per heavy atom. The van der Waals surface area contributed by atoms with Gasteiger partial charge in [-0.15, -0.1) is 0 Å². The van der Waals surface area contributed by atoms with Crippen LogP contribution in [0.4, 0.5) is 23.2 Å². The Morgan fingerprint density at radius 3 is 2.48 bits per heavy atom. The van der Waals surface area contributed by atoms with E-state index in [0.717, 1.165) is 24.8 Å². The van der Waals surface area contributed by atoms with Crippen LogP contribution in [0.5, 0.6) is 0 Å². The fourth-order valence-electron chi connectivity index (χ4n) is 7.65. The molecule has 2 bridgehead atoms. The smallest absolute Gasteiger partial charge is 0.383 e. The number of piperidine rings is 1. The number of hydrogen-bond acceptors (Lipinski definition) is 4. The van der Waals surface area contributed by atoms with Crippen molar-refractivity contribution in [3.05, 3.63) is 65.1 Å². The molecule has 0 radical (unpaired) electrons. The van der Waals surface area contributed by atoms with Gasteiger partial charge in [-0.2, -0.15) is 13.2 Å². The van der Waals surface area contributed by atoms with Crippen molar-refractivity contribution in [2.75, 3.05) is 32.1 Å². The van der Waals surface area contributed by atoms with Crippen LogP contribution in [0.3, 0.4) is 0 Å². The molecule has 0 spiro atoms. The highest BCUT2D eigenvalue weighted by Gasteiger charge is 2.43. The number of nitrogens with zero attached hydrogens (tertiary/aromatic N) is 2. The zero-order valence-corrected chi connectivity index (χ0v) is 25.7. The summed E-state index contributed by atoms with van der Waals surface area (Å²) in [7, 11) is 1.61. The lowest BCUT2D eigenvalue weighted by Crippen LogP contribution is -2.38. The number of anilines is 1. The highest BCUT2D eigenvalue weighted by Crippen LogP contribution is 2.48. The van der Waals surface area contributed by atoms with Gasteiger partial charge >= 0.3 is 12.1 Å². The summed E-state index contributed by atoms with van der Waals surface area (Å²) in [5.74, 6) is -1.93. The average Bonchev–Trinajstić information content (AvgIpc) is 3.78. The predicted molar refractivity (Wildman–Crippen MR) is 164 cm³/mol. The molecule has 3 fully saturated rings. The number of aromatic nitrogens is 1. The van der Waals surface area contributed by atoms with Crippen molar-refractivity contribution >= 4 is 34.3 Å². The largest absolute Gasteiger partial charge is 0.471 e. The Labute approximate surface area is 264 Å². The normalized spacial score (nSPS) is 21.6. The molecule has 2 aliphatic carbocycles. The number of halogens is 4. The van der Waals surface area contributed by atoms with Gasteiger partial charge in [-0.3, -0.25) is 14.4 Å². The number of fused-ring (bicyclic) bond motifs is 3. The maximum Gasteiger partial charge on any atom is 0.471 e. The van der Waals surface area contributed by atoms with E-state index < -0.39 is 17.9 Å². The monoisotopic (exact) mass is 642 g/mol. The van der Waals surface area contributed by atoms with Gasteiger partial charge in [-0.1, -0.05) is 24.6 Å². The Hall–Kier alpha value is -3.93. The first-order valence-corrected chi connectivity index (χ1v) is 15.9. The molecule has 246 valence electrons. The van der Waals surface area contributed by atoms with Crippen molar-refractivity contribution in [3.63, 3.8) is 0 Å². The first kappa shape index (κ1) is 32.0. The van der Waals surface area contributed by atoms with E-state index in [1.807, 2.05) is 34.3 Å². The Kier molecular flexibility index (Phi) is 9.09. The van der Waals surface area contributed by atoms with Crippen LogP contribution in [-0.2, 0) is 27.4 Å². The van der Waals surface area contributed by atoms with Crippen molar-refractivity contribution < 1.29 is 36.7 Å².